The second-order valence-corrected chi connectivity index (χ2v) is 9.43. The second-order valence-electron chi connectivity index (χ2n) is 9.43. The van der Waals surface area contributed by atoms with E-state index in [2.05, 4.69) is 55.6 Å². The SMILES string of the molecule is CCOCCCOc1cc(C)c(-c2cccc(CNc3ccc4c(c3)OCC4CC(=O)OC)c2)c(C)c1. The van der Waals surface area contributed by atoms with Gasteiger partial charge in [-0.15, -0.1) is 0 Å². The molecular formula is C31H37NO5. The molecule has 0 saturated carbocycles. The number of benzene rings is 3. The zero-order chi connectivity index (χ0) is 26.2. The van der Waals surface area contributed by atoms with Gasteiger partial charge in [-0.05, 0) is 72.9 Å². The molecule has 1 N–H and O–H groups in total. The van der Waals surface area contributed by atoms with Gasteiger partial charge in [-0.25, -0.2) is 0 Å². The summed E-state index contributed by atoms with van der Waals surface area (Å²) >= 11 is 0. The normalized spacial score (nSPS) is 14.1. The van der Waals surface area contributed by atoms with Gasteiger partial charge in [0.05, 0.1) is 26.7 Å². The van der Waals surface area contributed by atoms with Crippen LogP contribution >= 0.6 is 0 Å². The molecule has 6 nitrogen and oxygen atoms in total. The lowest BCUT2D eigenvalue weighted by molar-refractivity contribution is -0.141. The summed E-state index contributed by atoms with van der Waals surface area (Å²) in [5.41, 5.74) is 8.07. The first-order valence-electron chi connectivity index (χ1n) is 13.0. The van der Waals surface area contributed by atoms with Crippen molar-refractivity contribution >= 4 is 11.7 Å². The minimum Gasteiger partial charge on any atom is -0.493 e. The van der Waals surface area contributed by atoms with Crippen molar-refractivity contribution in [3.05, 3.63) is 76.9 Å². The Balaban J connectivity index is 1.40. The number of carbonyl (C=O) groups is 1. The van der Waals surface area contributed by atoms with E-state index in [4.69, 9.17) is 18.9 Å². The summed E-state index contributed by atoms with van der Waals surface area (Å²) < 4.78 is 22.0. The molecule has 1 aliphatic rings. The molecule has 3 aromatic rings. The number of anilines is 1. The fourth-order valence-electron chi connectivity index (χ4n) is 4.84. The molecule has 1 atom stereocenters. The van der Waals surface area contributed by atoms with E-state index in [1.165, 1.54) is 34.9 Å². The smallest absolute Gasteiger partial charge is 0.306 e. The fourth-order valence-corrected chi connectivity index (χ4v) is 4.84. The van der Waals surface area contributed by atoms with E-state index in [9.17, 15) is 4.79 Å². The first-order valence-corrected chi connectivity index (χ1v) is 13.0. The molecule has 4 rings (SSSR count). The maximum atomic E-state index is 11.7. The Morgan fingerprint density at radius 3 is 2.62 bits per heavy atom. The van der Waals surface area contributed by atoms with Crippen LogP contribution in [-0.2, 0) is 20.8 Å². The van der Waals surface area contributed by atoms with Gasteiger partial charge in [-0.1, -0.05) is 24.3 Å². The van der Waals surface area contributed by atoms with Crippen LogP contribution in [0.4, 0.5) is 5.69 Å². The number of nitrogens with one attached hydrogen (secondary N) is 1. The van der Waals surface area contributed by atoms with E-state index >= 15 is 0 Å². The van der Waals surface area contributed by atoms with Crippen LogP contribution in [-0.4, -0.2) is 39.5 Å². The van der Waals surface area contributed by atoms with E-state index in [0.29, 0.717) is 26.2 Å². The highest BCUT2D eigenvalue weighted by molar-refractivity contribution is 5.73. The Morgan fingerprint density at radius 2 is 1.86 bits per heavy atom. The van der Waals surface area contributed by atoms with Gasteiger partial charge in [-0.2, -0.15) is 0 Å². The predicted molar refractivity (Wildman–Crippen MR) is 147 cm³/mol. The van der Waals surface area contributed by atoms with Gasteiger partial charge in [-0.3, -0.25) is 4.79 Å². The lowest BCUT2D eigenvalue weighted by Gasteiger charge is -2.15. The maximum Gasteiger partial charge on any atom is 0.306 e. The molecule has 0 saturated heterocycles. The summed E-state index contributed by atoms with van der Waals surface area (Å²) in [6.45, 7) is 9.59. The number of ether oxygens (including phenoxy) is 4. The molecule has 1 aliphatic heterocycles. The molecule has 0 bridgehead atoms. The third kappa shape index (κ3) is 6.83. The standard InChI is InChI=1S/C31H37NO5/c1-5-35-12-7-13-36-27-14-21(2)31(22(3)15-27)24-9-6-8-23(16-24)19-32-26-10-11-28-25(17-30(33)34-4)20-37-29(28)18-26/h6,8-11,14-16,18,25,32H,5,7,12-13,17,19-20H2,1-4H3. The van der Waals surface area contributed by atoms with E-state index in [1.807, 2.05) is 25.1 Å². The summed E-state index contributed by atoms with van der Waals surface area (Å²) in [4.78, 5) is 11.7. The van der Waals surface area contributed by atoms with Crippen LogP contribution in [0.15, 0.2) is 54.6 Å². The van der Waals surface area contributed by atoms with Gasteiger partial charge in [0.2, 0.25) is 0 Å². The molecule has 0 radical (unpaired) electrons. The van der Waals surface area contributed by atoms with Crippen molar-refractivity contribution in [3.63, 3.8) is 0 Å². The van der Waals surface area contributed by atoms with Gasteiger partial charge < -0.3 is 24.3 Å². The summed E-state index contributed by atoms with van der Waals surface area (Å²) in [7, 11) is 1.42. The van der Waals surface area contributed by atoms with Gasteiger partial charge in [0, 0.05) is 49.4 Å². The molecule has 0 fully saturated rings. The van der Waals surface area contributed by atoms with Crippen LogP contribution in [0.25, 0.3) is 11.1 Å². The monoisotopic (exact) mass is 503 g/mol. The van der Waals surface area contributed by atoms with Crippen LogP contribution in [0.2, 0.25) is 0 Å². The number of fused-ring (bicyclic) bond motifs is 1. The highest BCUT2D eigenvalue weighted by Gasteiger charge is 2.27. The van der Waals surface area contributed by atoms with Crippen molar-refractivity contribution in [2.24, 2.45) is 0 Å². The Morgan fingerprint density at radius 1 is 1.05 bits per heavy atom. The Labute approximate surface area is 219 Å². The zero-order valence-corrected chi connectivity index (χ0v) is 22.3. The third-order valence-corrected chi connectivity index (χ3v) is 6.66. The summed E-state index contributed by atoms with van der Waals surface area (Å²) in [5, 5.41) is 3.51. The van der Waals surface area contributed by atoms with Gasteiger partial charge in [0.1, 0.15) is 11.5 Å². The molecule has 0 spiro atoms. The van der Waals surface area contributed by atoms with Crippen LogP contribution in [0, 0.1) is 13.8 Å². The van der Waals surface area contributed by atoms with Gasteiger partial charge in [0.25, 0.3) is 0 Å². The average molecular weight is 504 g/mol. The van der Waals surface area contributed by atoms with Gasteiger partial charge in [0.15, 0.2) is 0 Å². The topological polar surface area (TPSA) is 66.0 Å². The number of methoxy groups -OCH3 is 1. The minimum absolute atomic E-state index is 0.0477. The third-order valence-electron chi connectivity index (χ3n) is 6.66. The number of carbonyl (C=O) groups excluding carboxylic acids is 1. The lowest BCUT2D eigenvalue weighted by Crippen LogP contribution is -2.09. The van der Waals surface area contributed by atoms with Crippen molar-refractivity contribution < 1.29 is 23.7 Å². The van der Waals surface area contributed by atoms with Crippen molar-refractivity contribution in [3.8, 4) is 22.6 Å². The highest BCUT2D eigenvalue weighted by atomic mass is 16.5. The minimum atomic E-state index is -0.214. The molecular weight excluding hydrogens is 466 g/mol. The molecule has 37 heavy (non-hydrogen) atoms. The number of aryl methyl sites for hydroxylation is 2. The quantitative estimate of drug-likeness (QED) is 0.227. The first kappa shape index (κ1) is 26.6. The van der Waals surface area contributed by atoms with E-state index in [-0.39, 0.29) is 11.9 Å². The van der Waals surface area contributed by atoms with E-state index in [1.54, 1.807) is 0 Å². The molecule has 3 aromatic carbocycles. The fraction of sp³-hybridized carbons (Fsp3) is 0.387. The molecule has 1 unspecified atom stereocenters. The largest absolute Gasteiger partial charge is 0.493 e. The van der Waals surface area contributed by atoms with E-state index in [0.717, 1.165) is 42.4 Å². The Hall–Kier alpha value is -3.51. The number of esters is 1. The number of hydrogen-bond donors (Lipinski definition) is 1. The number of hydrogen-bond acceptors (Lipinski definition) is 6. The lowest BCUT2D eigenvalue weighted by atomic mass is 9.94. The van der Waals surface area contributed by atoms with Crippen LogP contribution in [0.1, 0.15) is 47.9 Å². The molecule has 1 heterocycles. The zero-order valence-electron chi connectivity index (χ0n) is 22.3. The summed E-state index contributed by atoms with van der Waals surface area (Å²) in [6.07, 6.45) is 1.22. The molecule has 0 aromatic heterocycles. The predicted octanol–water partition coefficient (Wildman–Crippen LogP) is 6.43. The van der Waals surface area contributed by atoms with Gasteiger partial charge >= 0.3 is 5.97 Å². The Kier molecular flexibility index (Phi) is 9.07. The van der Waals surface area contributed by atoms with Crippen LogP contribution in [0.3, 0.4) is 0 Å². The summed E-state index contributed by atoms with van der Waals surface area (Å²) in [6, 6.07) is 19.0. The molecule has 196 valence electrons. The molecule has 0 amide bonds. The van der Waals surface area contributed by atoms with Crippen LogP contribution < -0.4 is 14.8 Å². The second kappa shape index (κ2) is 12.6. The molecule has 6 heteroatoms. The number of rotatable bonds is 12. The highest BCUT2D eigenvalue weighted by Crippen LogP contribution is 2.38. The van der Waals surface area contributed by atoms with Crippen molar-refractivity contribution in [1.82, 2.24) is 0 Å². The summed E-state index contributed by atoms with van der Waals surface area (Å²) in [5.74, 6) is 1.57. The van der Waals surface area contributed by atoms with E-state index < -0.39 is 0 Å². The Bertz CT molecular complexity index is 1200. The first-order chi connectivity index (χ1) is 18.0. The van der Waals surface area contributed by atoms with Crippen molar-refractivity contribution in [2.75, 3.05) is 38.9 Å². The molecule has 0 aliphatic carbocycles. The van der Waals surface area contributed by atoms with Crippen molar-refractivity contribution in [2.45, 2.75) is 46.1 Å². The van der Waals surface area contributed by atoms with Crippen molar-refractivity contribution in [1.29, 1.82) is 0 Å². The van der Waals surface area contributed by atoms with Crippen LogP contribution in [0.5, 0.6) is 11.5 Å². The maximum absolute atomic E-state index is 11.7. The average Bonchev–Trinajstić information content (AvgIpc) is 3.29.